The number of hydrogen-bond donors (Lipinski definition) is 0. The summed E-state index contributed by atoms with van der Waals surface area (Å²) in [7, 11) is 0. The molecule has 284 valence electrons. The first-order valence-corrected chi connectivity index (χ1v) is 20.9. The van der Waals surface area contributed by atoms with E-state index < -0.39 is 6.10 Å². The molecule has 0 N–H and O–H groups in total. The van der Waals surface area contributed by atoms with Crippen molar-refractivity contribution in [3.8, 4) is 0 Å². The molecule has 0 aromatic rings. The van der Waals surface area contributed by atoms with Crippen molar-refractivity contribution >= 4 is 17.9 Å². The van der Waals surface area contributed by atoms with Crippen molar-refractivity contribution in [3.05, 3.63) is 0 Å². The van der Waals surface area contributed by atoms with Crippen LogP contribution >= 0.6 is 0 Å². The molecule has 1 atom stereocenters. The van der Waals surface area contributed by atoms with Crippen LogP contribution in [-0.2, 0) is 28.6 Å². The summed E-state index contributed by atoms with van der Waals surface area (Å²) in [5.74, 6) is -0.0576. The lowest BCUT2D eigenvalue weighted by atomic mass is 10.0. The summed E-state index contributed by atoms with van der Waals surface area (Å²) in [4.78, 5) is 37.3. The summed E-state index contributed by atoms with van der Waals surface area (Å²) in [6, 6.07) is 0. The van der Waals surface area contributed by atoms with Crippen LogP contribution in [0, 0.1) is 5.92 Å². The Kier molecular flexibility index (Phi) is 35.5. The molecule has 0 aliphatic carbocycles. The van der Waals surface area contributed by atoms with Crippen LogP contribution in [0.3, 0.4) is 0 Å². The predicted molar refractivity (Wildman–Crippen MR) is 201 cm³/mol. The molecule has 0 aliphatic rings. The van der Waals surface area contributed by atoms with E-state index in [4.69, 9.17) is 14.2 Å². The SMILES string of the molecule is CCCCCCCCCCCCCCC(=O)OC[C@H](COC(=O)CCCCCCC)OC(=O)CCCCCCCCCCCCC(C)C. The van der Waals surface area contributed by atoms with Crippen molar-refractivity contribution in [1.82, 2.24) is 0 Å². The van der Waals surface area contributed by atoms with Gasteiger partial charge in [-0.3, -0.25) is 14.4 Å². The highest BCUT2D eigenvalue weighted by molar-refractivity contribution is 5.71. The number of unbranched alkanes of at least 4 members (excludes halogenated alkanes) is 24. The van der Waals surface area contributed by atoms with Gasteiger partial charge in [-0.25, -0.2) is 0 Å². The molecule has 0 saturated carbocycles. The zero-order valence-electron chi connectivity index (χ0n) is 32.4. The normalized spacial score (nSPS) is 11.9. The first kappa shape index (κ1) is 46.4. The van der Waals surface area contributed by atoms with E-state index in [0.717, 1.165) is 70.1 Å². The number of hydrogen-bond acceptors (Lipinski definition) is 6. The second kappa shape index (κ2) is 36.7. The van der Waals surface area contributed by atoms with Crippen molar-refractivity contribution in [1.29, 1.82) is 0 Å². The van der Waals surface area contributed by atoms with Crippen molar-refractivity contribution in [3.63, 3.8) is 0 Å². The van der Waals surface area contributed by atoms with Gasteiger partial charge in [0.05, 0.1) is 0 Å². The lowest BCUT2D eigenvalue weighted by Crippen LogP contribution is -2.30. The second-order valence-corrected chi connectivity index (χ2v) is 14.7. The zero-order valence-corrected chi connectivity index (χ0v) is 32.4. The predicted octanol–water partition coefficient (Wildman–Crippen LogP) is 12.8. The van der Waals surface area contributed by atoms with Gasteiger partial charge in [-0.2, -0.15) is 0 Å². The van der Waals surface area contributed by atoms with Crippen LogP contribution in [0.4, 0.5) is 0 Å². The van der Waals surface area contributed by atoms with Gasteiger partial charge in [-0.05, 0) is 25.2 Å². The molecule has 0 saturated heterocycles. The molecule has 0 heterocycles. The van der Waals surface area contributed by atoms with Gasteiger partial charge in [0.1, 0.15) is 13.2 Å². The largest absolute Gasteiger partial charge is 0.462 e. The lowest BCUT2D eigenvalue weighted by Gasteiger charge is -2.18. The molecule has 6 nitrogen and oxygen atoms in total. The van der Waals surface area contributed by atoms with Gasteiger partial charge in [-0.1, -0.05) is 188 Å². The van der Waals surface area contributed by atoms with Crippen LogP contribution in [0.15, 0.2) is 0 Å². The number of rotatable bonds is 37. The Labute approximate surface area is 298 Å². The number of esters is 3. The minimum absolute atomic E-state index is 0.0654. The molecule has 0 amide bonds. The highest BCUT2D eigenvalue weighted by atomic mass is 16.6. The average Bonchev–Trinajstić information content (AvgIpc) is 3.06. The fourth-order valence-electron chi connectivity index (χ4n) is 6.10. The third-order valence-electron chi connectivity index (χ3n) is 9.29. The molecule has 0 fully saturated rings. The molecule has 0 bridgehead atoms. The minimum Gasteiger partial charge on any atom is -0.462 e. The Bertz CT molecular complexity index is 721. The van der Waals surface area contributed by atoms with Crippen LogP contribution in [-0.4, -0.2) is 37.2 Å². The highest BCUT2D eigenvalue weighted by Gasteiger charge is 2.19. The Morgan fingerprint density at radius 2 is 0.688 bits per heavy atom. The maximum Gasteiger partial charge on any atom is 0.306 e. The summed E-state index contributed by atoms with van der Waals surface area (Å²) in [5.41, 5.74) is 0. The van der Waals surface area contributed by atoms with E-state index in [1.54, 1.807) is 0 Å². The van der Waals surface area contributed by atoms with Gasteiger partial charge in [0.2, 0.25) is 0 Å². The standard InChI is InChI=1S/C42H80O6/c1-5-7-9-11-12-13-14-15-19-22-26-30-34-41(44)47-37-39(36-46-40(43)33-29-24-10-8-6-2)48-42(45)35-31-27-23-20-17-16-18-21-25-28-32-38(3)4/h38-39H,5-37H2,1-4H3/t39-/m0/s1. The molecule has 0 aromatic carbocycles. The molecule has 0 radical (unpaired) electrons. The zero-order chi connectivity index (χ0) is 35.3. The Balaban J connectivity index is 4.23. The molecule has 0 unspecified atom stereocenters. The van der Waals surface area contributed by atoms with E-state index in [-0.39, 0.29) is 31.1 Å². The summed E-state index contributed by atoms with van der Waals surface area (Å²) >= 11 is 0. The molecule has 0 aliphatic heterocycles. The summed E-state index contributed by atoms with van der Waals surface area (Å²) < 4.78 is 16.6. The molecule has 0 rings (SSSR count). The van der Waals surface area contributed by atoms with Gasteiger partial charge >= 0.3 is 17.9 Å². The third-order valence-corrected chi connectivity index (χ3v) is 9.29. The van der Waals surface area contributed by atoms with E-state index >= 15 is 0 Å². The first-order valence-electron chi connectivity index (χ1n) is 20.9. The number of carbonyl (C=O) groups excluding carboxylic acids is 3. The van der Waals surface area contributed by atoms with E-state index in [1.165, 1.54) is 116 Å². The second-order valence-electron chi connectivity index (χ2n) is 14.7. The monoisotopic (exact) mass is 681 g/mol. The molecular weight excluding hydrogens is 600 g/mol. The Morgan fingerprint density at radius 1 is 0.396 bits per heavy atom. The average molecular weight is 681 g/mol. The maximum absolute atomic E-state index is 12.6. The Hall–Kier alpha value is -1.59. The van der Waals surface area contributed by atoms with Gasteiger partial charge in [0, 0.05) is 19.3 Å². The van der Waals surface area contributed by atoms with E-state index in [9.17, 15) is 14.4 Å². The fraction of sp³-hybridized carbons (Fsp3) is 0.929. The van der Waals surface area contributed by atoms with Crippen LogP contribution in [0.2, 0.25) is 0 Å². The van der Waals surface area contributed by atoms with E-state index in [1.807, 2.05) is 0 Å². The highest BCUT2D eigenvalue weighted by Crippen LogP contribution is 2.15. The van der Waals surface area contributed by atoms with Crippen LogP contribution in [0.5, 0.6) is 0 Å². The number of ether oxygens (including phenoxy) is 3. The minimum atomic E-state index is -0.756. The van der Waals surface area contributed by atoms with E-state index in [2.05, 4.69) is 27.7 Å². The number of carbonyl (C=O) groups is 3. The quantitative estimate of drug-likeness (QED) is 0.0369. The fourth-order valence-corrected chi connectivity index (χ4v) is 6.10. The topological polar surface area (TPSA) is 78.9 Å². The molecule has 0 spiro atoms. The van der Waals surface area contributed by atoms with Gasteiger partial charge in [0.25, 0.3) is 0 Å². The molecule has 6 heteroatoms. The van der Waals surface area contributed by atoms with E-state index in [0.29, 0.717) is 19.3 Å². The molecule has 48 heavy (non-hydrogen) atoms. The van der Waals surface area contributed by atoms with Gasteiger partial charge < -0.3 is 14.2 Å². The lowest BCUT2D eigenvalue weighted by molar-refractivity contribution is -0.167. The molecule has 0 aromatic heterocycles. The van der Waals surface area contributed by atoms with Gasteiger partial charge in [0.15, 0.2) is 6.10 Å². The summed E-state index contributed by atoms with van der Waals surface area (Å²) in [6.45, 7) is 8.88. The van der Waals surface area contributed by atoms with Crippen LogP contribution < -0.4 is 0 Å². The molecular formula is C42H80O6. The van der Waals surface area contributed by atoms with Crippen molar-refractivity contribution < 1.29 is 28.6 Å². The van der Waals surface area contributed by atoms with Crippen LogP contribution in [0.25, 0.3) is 0 Å². The maximum atomic E-state index is 12.6. The van der Waals surface area contributed by atoms with Gasteiger partial charge in [-0.15, -0.1) is 0 Å². The van der Waals surface area contributed by atoms with Crippen molar-refractivity contribution in [2.75, 3.05) is 13.2 Å². The Morgan fingerprint density at radius 3 is 1.02 bits per heavy atom. The first-order chi connectivity index (χ1) is 23.4. The van der Waals surface area contributed by atoms with Crippen molar-refractivity contribution in [2.45, 2.75) is 233 Å². The summed E-state index contributed by atoms with van der Waals surface area (Å²) in [6.07, 6.45) is 34.0. The summed E-state index contributed by atoms with van der Waals surface area (Å²) in [5, 5.41) is 0. The smallest absolute Gasteiger partial charge is 0.306 e. The third kappa shape index (κ3) is 35.7. The van der Waals surface area contributed by atoms with Crippen molar-refractivity contribution in [2.24, 2.45) is 5.92 Å². The van der Waals surface area contributed by atoms with Crippen LogP contribution in [0.1, 0.15) is 227 Å².